The summed E-state index contributed by atoms with van der Waals surface area (Å²) in [4.78, 5) is 0. The van der Waals surface area contributed by atoms with Crippen molar-refractivity contribution in [1.29, 1.82) is 0 Å². The summed E-state index contributed by atoms with van der Waals surface area (Å²) in [6, 6.07) is 10.7. The first kappa shape index (κ1) is 17.4. The fourth-order valence-electron chi connectivity index (χ4n) is 3.23. The van der Waals surface area contributed by atoms with Gasteiger partial charge in [-0.1, -0.05) is 67.5 Å². The number of ether oxygens (including phenoxy) is 1. The minimum atomic E-state index is 0.274. The lowest BCUT2D eigenvalue weighted by atomic mass is 9.78. The summed E-state index contributed by atoms with van der Waals surface area (Å²) in [5.41, 5.74) is 4.17. The van der Waals surface area contributed by atoms with E-state index >= 15 is 0 Å². The van der Waals surface area contributed by atoms with Crippen molar-refractivity contribution < 1.29 is 4.74 Å². The summed E-state index contributed by atoms with van der Waals surface area (Å²) < 4.78 is 5.95. The summed E-state index contributed by atoms with van der Waals surface area (Å²) >= 11 is 0. The van der Waals surface area contributed by atoms with E-state index in [2.05, 4.69) is 75.2 Å². The highest BCUT2D eigenvalue weighted by Gasteiger charge is 2.25. The van der Waals surface area contributed by atoms with Gasteiger partial charge in [0.1, 0.15) is 6.61 Å². The Morgan fingerprint density at radius 1 is 1.35 bits per heavy atom. The van der Waals surface area contributed by atoms with Crippen LogP contribution in [0.15, 0.2) is 66.1 Å². The molecule has 2 atom stereocenters. The molecule has 0 amide bonds. The first-order chi connectivity index (χ1) is 11.1. The standard InChI is InChI=1S/C21H29NO/c1-5-14-22-18(4)23-15-20(19-12-7-6-8-13-19)21-16(2)10-9-11-17(21)3/h6-10,12-13,17,20,22H,4-5,11,14-15H2,1-3H3. The van der Waals surface area contributed by atoms with Gasteiger partial charge in [-0.05, 0) is 37.8 Å². The van der Waals surface area contributed by atoms with Gasteiger partial charge in [0.25, 0.3) is 0 Å². The zero-order chi connectivity index (χ0) is 16.7. The fraction of sp³-hybridized carbons (Fsp3) is 0.429. The van der Waals surface area contributed by atoms with E-state index in [1.165, 1.54) is 16.7 Å². The van der Waals surface area contributed by atoms with Crippen LogP contribution in [0.1, 0.15) is 45.1 Å². The minimum absolute atomic E-state index is 0.274. The van der Waals surface area contributed by atoms with Crippen molar-refractivity contribution in [2.45, 2.75) is 39.5 Å². The highest BCUT2D eigenvalue weighted by molar-refractivity contribution is 5.39. The molecule has 0 aromatic heterocycles. The Bertz CT molecular complexity index is 571. The average Bonchev–Trinajstić information content (AvgIpc) is 2.56. The molecule has 1 aromatic carbocycles. The molecule has 0 spiro atoms. The van der Waals surface area contributed by atoms with E-state index in [0.717, 1.165) is 19.4 Å². The van der Waals surface area contributed by atoms with Crippen LogP contribution < -0.4 is 5.32 Å². The van der Waals surface area contributed by atoms with Crippen LogP contribution in [0.4, 0.5) is 0 Å². The van der Waals surface area contributed by atoms with Crippen LogP contribution in [0, 0.1) is 5.92 Å². The van der Waals surface area contributed by atoms with E-state index in [1.54, 1.807) is 0 Å². The second kappa shape index (κ2) is 8.61. The smallest absolute Gasteiger partial charge is 0.179 e. The first-order valence-electron chi connectivity index (χ1n) is 8.61. The SMILES string of the molecule is C=C(NCCC)OCC(C1=C(C)C=CCC1C)c1ccccc1. The molecule has 2 unspecified atom stereocenters. The molecule has 0 saturated heterocycles. The molecule has 1 aliphatic rings. The maximum atomic E-state index is 5.95. The van der Waals surface area contributed by atoms with Crippen molar-refractivity contribution in [1.82, 2.24) is 5.32 Å². The van der Waals surface area contributed by atoms with Crippen LogP contribution in [0.5, 0.6) is 0 Å². The van der Waals surface area contributed by atoms with Crippen molar-refractivity contribution in [3.63, 3.8) is 0 Å². The van der Waals surface area contributed by atoms with Gasteiger partial charge in [-0.15, -0.1) is 0 Å². The second-order valence-corrected chi connectivity index (χ2v) is 6.30. The van der Waals surface area contributed by atoms with Crippen molar-refractivity contribution >= 4 is 0 Å². The number of nitrogens with one attached hydrogen (secondary N) is 1. The third-order valence-corrected chi connectivity index (χ3v) is 4.42. The highest BCUT2D eigenvalue weighted by Crippen LogP contribution is 2.37. The number of hydrogen-bond acceptors (Lipinski definition) is 2. The molecule has 2 rings (SSSR count). The summed E-state index contributed by atoms with van der Waals surface area (Å²) in [6.45, 7) is 12.2. The van der Waals surface area contributed by atoms with Crippen LogP contribution in [-0.2, 0) is 4.74 Å². The summed E-state index contributed by atoms with van der Waals surface area (Å²) in [5.74, 6) is 1.49. The molecular formula is C21H29NO. The van der Waals surface area contributed by atoms with Crippen LogP contribution >= 0.6 is 0 Å². The Morgan fingerprint density at radius 3 is 2.74 bits per heavy atom. The van der Waals surface area contributed by atoms with Crippen LogP contribution in [0.3, 0.4) is 0 Å². The molecule has 1 aliphatic carbocycles. The Kier molecular flexibility index (Phi) is 6.52. The number of allylic oxidation sites excluding steroid dienone is 3. The van der Waals surface area contributed by atoms with E-state index < -0.39 is 0 Å². The number of hydrogen-bond donors (Lipinski definition) is 1. The van der Waals surface area contributed by atoms with Crippen molar-refractivity contribution in [2.24, 2.45) is 5.92 Å². The Hall–Kier alpha value is -1.96. The van der Waals surface area contributed by atoms with Gasteiger partial charge in [0.15, 0.2) is 5.88 Å². The molecule has 0 heterocycles. The van der Waals surface area contributed by atoms with E-state index in [0.29, 0.717) is 18.4 Å². The Morgan fingerprint density at radius 2 is 2.09 bits per heavy atom. The van der Waals surface area contributed by atoms with Crippen molar-refractivity contribution in [3.05, 3.63) is 71.7 Å². The van der Waals surface area contributed by atoms with E-state index in [1.807, 2.05) is 0 Å². The lowest BCUT2D eigenvalue weighted by molar-refractivity contribution is 0.179. The Labute approximate surface area is 140 Å². The zero-order valence-corrected chi connectivity index (χ0v) is 14.6. The normalized spacial score (nSPS) is 18.7. The molecular weight excluding hydrogens is 282 g/mol. The topological polar surface area (TPSA) is 21.3 Å². The number of benzene rings is 1. The minimum Gasteiger partial charge on any atom is -0.479 e. The van der Waals surface area contributed by atoms with Crippen LogP contribution in [0.25, 0.3) is 0 Å². The van der Waals surface area contributed by atoms with E-state index in [9.17, 15) is 0 Å². The van der Waals surface area contributed by atoms with Crippen LogP contribution in [-0.4, -0.2) is 13.2 Å². The van der Waals surface area contributed by atoms with Gasteiger partial charge >= 0.3 is 0 Å². The monoisotopic (exact) mass is 311 g/mol. The fourth-order valence-corrected chi connectivity index (χ4v) is 3.23. The molecule has 2 heteroatoms. The first-order valence-corrected chi connectivity index (χ1v) is 8.61. The average molecular weight is 311 g/mol. The quantitative estimate of drug-likeness (QED) is 0.669. The maximum Gasteiger partial charge on any atom is 0.179 e. The maximum absolute atomic E-state index is 5.95. The third-order valence-electron chi connectivity index (χ3n) is 4.42. The molecule has 0 bridgehead atoms. The lowest BCUT2D eigenvalue weighted by Gasteiger charge is -2.29. The van der Waals surface area contributed by atoms with Crippen LogP contribution in [0.2, 0.25) is 0 Å². The lowest BCUT2D eigenvalue weighted by Crippen LogP contribution is -2.21. The largest absolute Gasteiger partial charge is 0.479 e. The van der Waals surface area contributed by atoms with Gasteiger partial charge in [0.05, 0.1) is 0 Å². The summed E-state index contributed by atoms with van der Waals surface area (Å²) in [5, 5.41) is 3.22. The molecule has 1 aromatic rings. The van der Waals surface area contributed by atoms with Gasteiger partial charge < -0.3 is 10.1 Å². The zero-order valence-electron chi connectivity index (χ0n) is 14.6. The molecule has 124 valence electrons. The van der Waals surface area contributed by atoms with E-state index in [-0.39, 0.29) is 5.92 Å². The third kappa shape index (κ3) is 4.75. The van der Waals surface area contributed by atoms with Gasteiger partial charge in [-0.25, -0.2) is 0 Å². The predicted molar refractivity (Wildman–Crippen MR) is 98.2 cm³/mol. The second-order valence-electron chi connectivity index (χ2n) is 6.30. The molecule has 1 N–H and O–H groups in total. The van der Waals surface area contributed by atoms with E-state index in [4.69, 9.17) is 4.74 Å². The molecule has 0 fully saturated rings. The molecule has 0 radical (unpaired) electrons. The Balaban J connectivity index is 2.20. The predicted octanol–water partition coefficient (Wildman–Crippen LogP) is 5.17. The molecule has 0 aliphatic heterocycles. The highest BCUT2D eigenvalue weighted by atomic mass is 16.5. The van der Waals surface area contributed by atoms with Crippen molar-refractivity contribution in [2.75, 3.05) is 13.2 Å². The number of rotatable bonds is 8. The van der Waals surface area contributed by atoms with Gasteiger partial charge in [0.2, 0.25) is 0 Å². The molecule has 0 saturated carbocycles. The van der Waals surface area contributed by atoms with Gasteiger partial charge in [-0.2, -0.15) is 0 Å². The van der Waals surface area contributed by atoms with Gasteiger partial charge in [-0.3, -0.25) is 0 Å². The van der Waals surface area contributed by atoms with Crippen molar-refractivity contribution in [3.8, 4) is 0 Å². The summed E-state index contributed by atoms with van der Waals surface area (Å²) in [7, 11) is 0. The van der Waals surface area contributed by atoms with Gasteiger partial charge in [0, 0.05) is 12.5 Å². The molecule has 2 nitrogen and oxygen atoms in total. The summed E-state index contributed by atoms with van der Waals surface area (Å²) in [6.07, 6.45) is 6.69. The molecule has 23 heavy (non-hydrogen) atoms.